The van der Waals surface area contributed by atoms with E-state index >= 15 is 0 Å². The lowest BCUT2D eigenvalue weighted by Gasteiger charge is -2.09. The van der Waals surface area contributed by atoms with Crippen molar-refractivity contribution in [2.24, 2.45) is 14.1 Å². The van der Waals surface area contributed by atoms with E-state index in [1.165, 1.54) is 17.0 Å². The number of hydrogen-bond acceptors (Lipinski definition) is 6. The van der Waals surface area contributed by atoms with Crippen molar-refractivity contribution in [2.45, 2.75) is 6.42 Å². The molecule has 0 aliphatic heterocycles. The summed E-state index contributed by atoms with van der Waals surface area (Å²) in [5.74, 6) is -0.268. The number of aryl methyl sites for hydroxylation is 2. The summed E-state index contributed by atoms with van der Waals surface area (Å²) in [4.78, 5) is 56.4. The first-order valence-corrected chi connectivity index (χ1v) is 10.2. The van der Waals surface area contributed by atoms with E-state index in [1.54, 1.807) is 50.5 Å². The summed E-state index contributed by atoms with van der Waals surface area (Å²) in [5.41, 5.74) is 0. The highest BCUT2D eigenvalue weighted by molar-refractivity contribution is 5.96. The minimum Gasteiger partial charge on any atom is -0.354 e. The van der Waals surface area contributed by atoms with Gasteiger partial charge in [-0.15, -0.1) is 0 Å². The van der Waals surface area contributed by atoms with Crippen molar-refractivity contribution in [1.82, 2.24) is 35.1 Å². The Balaban J connectivity index is 1.38. The molecule has 0 atom stereocenters. The molecule has 12 nitrogen and oxygen atoms in total. The molecule has 173 valence electrons. The Hall–Kier alpha value is -3.70. The highest BCUT2D eigenvalue weighted by Gasteiger charge is 2.24. The summed E-state index contributed by atoms with van der Waals surface area (Å²) in [6, 6.07) is 0. The summed E-state index contributed by atoms with van der Waals surface area (Å²) in [7, 11) is 3.33. The van der Waals surface area contributed by atoms with E-state index in [0.717, 1.165) is 0 Å². The average Bonchev–Trinajstić information content (AvgIpc) is 3.52. The SMILES string of the molecule is Cn1ccnc1C(=O)NCCC(=O)Nc1cn(C)c(C(=O)NCCNC(=O)[C]2[CH][CH][CH][CH]2)n1. The first-order chi connectivity index (χ1) is 15.8. The second-order valence-electron chi connectivity index (χ2n) is 7.16. The lowest BCUT2D eigenvalue weighted by atomic mass is 10.1. The van der Waals surface area contributed by atoms with Gasteiger partial charge in [0, 0.05) is 58.7 Å². The number of rotatable bonds is 10. The van der Waals surface area contributed by atoms with Crippen molar-refractivity contribution in [3.8, 4) is 0 Å². The molecule has 0 spiro atoms. The number of nitrogens with zero attached hydrogens (tertiary/aromatic N) is 4. The Morgan fingerprint density at radius 2 is 1.48 bits per heavy atom. The van der Waals surface area contributed by atoms with Crippen molar-refractivity contribution in [3.05, 3.63) is 61.8 Å². The summed E-state index contributed by atoms with van der Waals surface area (Å²) in [6.45, 7) is 0.595. The number of nitrogens with one attached hydrogen (secondary N) is 4. The number of anilines is 1. The molecule has 2 aromatic heterocycles. The topological polar surface area (TPSA) is 152 Å². The van der Waals surface area contributed by atoms with Gasteiger partial charge in [-0.1, -0.05) is 0 Å². The van der Waals surface area contributed by atoms with Gasteiger partial charge in [-0.2, -0.15) is 0 Å². The molecule has 0 bridgehead atoms. The number of carbonyl (C=O) groups is 4. The molecule has 1 aliphatic rings. The zero-order chi connectivity index (χ0) is 23.8. The molecule has 5 radical (unpaired) electrons. The number of imidazole rings is 2. The van der Waals surface area contributed by atoms with Gasteiger partial charge < -0.3 is 30.4 Å². The zero-order valence-corrected chi connectivity index (χ0v) is 18.3. The third-order valence-electron chi connectivity index (χ3n) is 4.63. The van der Waals surface area contributed by atoms with Gasteiger partial charge >= 0.3 is 0 Å². The standard InChI is InChI=1S/C21H25N8O4/c1-28-12-11-22-17(28)20(32)23-8-7-16(30)26-15-13-29(2)18(27-15)21(33)25-10-9-24-19(31)14-5-3-4-6-14/h3-6,11-13H,7-10H2,1-2H3,(H,23,32)(H,24,31)(H,25,33)(H,26,30). The monoisotopic (exact) mass is 453 g/mol. The van der Waals surface area contributed by atoms with Crippen LogP contribution in [0.4, 0.5) is 5.82 Å². The summed E-state index contributed by atoms with van der Waals surface area (Å²) in [5, 5.41) is 10.6. The molecule has 4 amide bonds. The van der Waals surface area contributed by atoms with Gasteiger partial charge in [0.25, 0.3) is 11.8 Å². The molecule has 1 fully saturated rings. The predicted octanol–water partition coefficient (Wildman–Crippen LogP) is -0.837. The second kappa shape index (κ2) is 11.2. The fourth-order valence-electron chi connectivity index (χ4n) is 2.95. The largest absolute Gasteiger partial charge is 0.354 e. The molecule has 1 aliphatic carbocycles. The second-order valence-corrected chi connectivity index (χ2v) is 7.16. The zero-order valence-electron chi connectivity index (χ0n) is 18.3. The Morgan fingerprint density at radius 3 is 2.15 bits per heavy atom. The highest BCUT2D eigenvalue weighted by Crippen LogP contribution is 2.22. The maximum atomic E-state index is 12.3. The average molecular weight is 453 g/mol. The lowest BCUT2D eigenvalue weighted by Crippen LogP contribution is -2.37. The van der Waals surface area contributed by atoms with E-state index in [1.807, 2.05) is 0 Å². The Bertz CT molecular complexity index is 1010. The fraction of sp³-hybridized carbons (Fsp3) is 0.286. The molecular formula is C21H25N8O4. The number of hydrogen-bond donors (Lipinski definition) is 4. The third-order valence-corrected chi connectivity index (χ3v) is 4.63. The Kier molecular flexibility index (Phi) is 8.17. The van der Waals surface area contributed by atoms with Gasteiger partial charge in [0.1, 0.15) is 0 Å². The Labute approximate surface area is 191 Å². The first kappa shape index (κ1) is 24.0. The molecule has 4 N–H and O–H groups in total. The van der Waals surface area contributed by atoms with Gasteiger partial charge in [-0.05, 0) is 25.7 Å². The van der Waals surface area contributed by atoms with Crippen LogP contribution in [-0.4, -0.2) is 62.4 Å². The smallest absolute Gasteiger partial charge is 0.287 e. The van der Waals surface area contributed by atoms with Crippen molar-refractivity contribution in [3.63, 3.8) is 0 Å². The first-order valence-electron chi connectivity index (χ1n) is 10.2. The molecule has 0 aromatic carbocycles. The molecule has 12 heteroatoms. The Morgan fingerprint density at radius 1 is 0.848 bits per heavy atom. The molecule has 2 heterocycles. The quantitative estimate of drug-likeness (QED) is 0.344. The van der Waals surface area contributed by atoms with Crippen LogP contribution in [0.25, 0.3) is 0 Å². The van der Waals surface area contributed by atoms with Crippen LogP contribution in [0.1, 0.15) is 27.7 Å². The maximum Gasteiger partial charge on any atom is 0.287 e. The molecule has 1 saturated carbocycles. The van der Waals surface area contributed by atoms with Crippen LogP contribution in [0.2, 0.25) is 0 Å². The lowest BCUT2D eigenvalue weighted by molar-refractivity contribution is -0.118. The van der Waals surface area contributed by atoms with Gasteiger partial charge in [-0.25, -0.2) is 9.97 Å². The van der Waals surface area contributed by atoms with Crippen molar-refractivity contribution < 1.29 is 19.2 Å². The maximum absolute atomic E-state index is 12.3. The van der Waals surface area contributed by atoms with Crippen LogP contribution in [0.3, 0.4) is 0 Å². The molecule has 2 aromatic rings. The highest BCUT2D eigenvalue weighted by atomic mass is 16.2. The van der Waals surface area contributed by atoms with Gasteiger partial charge in [-0.3, -0.25) is 19.2 Å². The van der Waals surface area contributed by atoms with Crippen molar-refractivity contribution in [2.75, 3.05) is 25.0 Å². The summed E-state index contributed by atoms with van der Waals surface area (Å²) < 4.78 is 3.06. The van der Waals surface area contributed by atoms with E-state index in [0.29, 0.717) is 5.92 Å². The normalized spacial score (nSPS) is 13.5. The van der Waals surface area contributed by atoms with E-state index in [9.17, 15) is 19.2 Å². The molecule has 0 saturated heterocycles. The predicted molar refractivity (Wildman–Crippen MR) is 118 cm³/mol. The van der Waals surface area contributed by atoms with Crippen LogP contribution in [0.15, 0.2) is 18.6 Å². The van der Waals surface area contributed by atoms with Crippen LogP contribution >= 0.6 is 0 Å². The molecule has 3 rings (SSSR count). The number of carbonyl (C=O) groups excluding carboxylic acids is 4. The van der Waals surface area contributed by atoms with E-state index in [4.69, 9.17) is 0 Å². The molecular weight excluding hydrogens is 428 g/mol. The van der Waals surface area contributed by atoms with E-state index in [-0.39, 0.29) is 61.2 Å². The van der Waals surface area contributed by atoms with Crippen LogP contribution in [-0.2, 0) is 23.7 Å². The van der Waals surface area contributed by atoms with Crippen LogP contribution < -0.4 is 21.3 Å². The van der Waals surface area contributed by atoms with Gasteiger partial charge in [0.2, 0.25) is 17.6 Å². The fourth-order valence-corrected chi connectivity index (χ4v) is 2.95. The summed E-state index contributed by atoms with van der Waals surface area (Å²) >= 11 is 0. The molecule has 33 heavy (non-hydrogen) atoms. The third kappa shape index (κ3) is 6.64. The van der Waals surface area contributed by atoms with Gasteiger partial charge in [0.15, 0.2) is 11.6 Å². The number of aromatic nitrogens is 4. The number of amides is 4. The van der Waals surface area contributed by atoms with Crippen molar-refractivity contribution in [1.29, 1.82) is 0 Å². The minimum atomic E-state index is -0.442. The van der Waals surface area contributed by atoms with Crippen molar-refractivity contribution >= 4 is 29.4 Å². The van der Waals surface area contributed by atoms with E-state index in [2.05, 4.69) is 31.2 Å². The van der Waals surface area contributed by atoms with Crippen LogP contribution in [0, 0.1) is 31.6 Å². The van der Waals surface area contributed by atoms with Gasteiger partial charge in [0.05, 0.1) is 5.92 Å². The molecule has 0 unspecified atom stereocenters. The summed E-state index contributed by atoms with van der Waals surface area (Å²) in [6.07, 6.45) is 11.6. The van der Waals surface area contributed by atoms with Crippen LogP contribution in [0.5, 0.6) is 0 Å². The minimum absolute atomic E-state index is 0.0251. The van der Waals surface area contributed by atoms with E-state index < -0.39 is 5.91 Å².